The second kappa shape index (κ2) is 18.4. The fourth-order valence-corrected chi connectivity index (χ4v) is 9.66. The molecule has 0 bridgehead atoms. The van der Waals surface area contributed by atoms with Crippen LogP contribution in [0, 0.1) is 6.92 Å². The topological polar surface area (TPSA) is 37.2 Å². The van der Waals surface area contributed by atoms with Gasteiger partial charge in [0.2, 0.25) is 0 Å². The summed E-state index contributed by atoms with van der Waals surface area (Å²) >= 11 is 0. The van der Waals surface area contributed by atoms with Gasteiger partial charge in [-0.2, -0.15) is 0 Å². The van der Waals surface area contributed by atoms with Crippen molar-refractivity contribution in [3.05, 3.63) is 272 Å². The predicted molar refractivity (Wildman–Crippen MR) is 292 cm³/mol. The van der Waals surface area contributed by atoms with Crippen LogP contribution >= 0.6 is 0 Å². The van der Waals surface area contributed by atoms with Crippen LogP contribution in [0.5, 0.6) is 0 Å². The molecule has 0 aliphatic rings. The van der Waals surface area contributed by atoms with E-state index in [-0.39, 0.29) is 0 Å². The number of rotatable bonds is 11. The van der Waals surface area contributed by atoms with Crippen LogP contribution in [-0.2, 0) is 0 Å². The Kier molecular flexibility index (Phi) is 11.1. The van der Waals surface area contributed by atoms with Gasteiger partial charge in [0.25, 0.3) is 0 Å². The molecule has 12 aromatic rings. The third-order valence-corrected chi connectivity index (χ3v) is 13.0. The molecule has 5 nitrogen and oxygen atoms in total. The van der Waals surface area contributed by atoms with Crippen LogP contribution in [0.25, 0.3) is 72.5 Å². The lowest BCUT2D eigenvalue weighted by Crippen LogP contribution is -2.09. The molecule has 0 saturated carbocycles. The van der Waals surface area contributed by atoms with E-state index >= 15 is 0 Å². The summed E-state index contributed by atoms with van der Waals surface area (Å²) in [5.74, 6) is 0.714. The van der Waals surface area contributed by atoms with Gasteiger partial charge in [0.05, 0.1) is 22.4 Å². The third-order valence-electron chi connectivity index (χ3n) is 13.0. The first-order valence-electron chi connectivity index (χ1n) is 23.7. The highest BCUT2D eigenvalue weighted by atomic mass is 15.1. The van der Waals surface area contributed by atoms with Crippen molar-refractivity contribution in [2.45, 2.75) is 6.92 Å². The number of benzene rings is 10. The second-order valence-corrected chi connectivity index (χ2v) is 17.6. The number of hydrogen-bond acceptors (Lipinski definition) is 4. The van der Waals surface area contributed by atoms with Crippen molar-refractivity contribution in [3.63, 3.8) is 0 Å². The van der Waals surface area contributed by atoms with Gasteiger partial charge >= 0.3 is 0 Å². The molecule has 70 heavy (non-hydrogen) atoms. The first kappa shape index (κ1) is 42.1. The Hall–Kier alpha value is -9.32. The molecule has 0 fully saturated rings. The minimum absolute atomic E-state index is 0.714. The van der Waals surface area contributed by atoms with Crippen LogP contribution in [0.15, 0.2) is 267 Å². The van der Waals surface area contributed by atoms with Crippen LogP contribution in [0.3, 0.4) is 0 Å². The Balaban J connectivity index is 0.952. The highest BCUT2D eigenvalue weighted by Gasteiger charge is 2.20. The standard InChI is InChI=1S/C65H47N5/c1-46-18-17-21-51(42-46)65-66-61(49-19-7-2-8-20-49)45-62(67-65)50-32-30-47(31-33-50)48-34-36-56(37-35-48)70-63-40-38-57(68(52-22-9-3-10-23-52)53-24-11-4-12-25-53)43-59(63)60-44-58(39-41-64(60)70)69(54-26-13-5-14-27-54)55-28-15-6-16-29-55/h2-45H,1H3. The summed E-state index contributed by atoms with van der Waals surface area (Å²) in [6, 6.07) is 94.7. The molecule has 12 rings (SSSR count). The number of hydrogen-bond donors (Lipinski definition) is 0. The molecular formula is C65H47N5. The number of aryl methyl sites for hydroxylation is 1. The average molecular weight is 898 g/mol. The Bertz CT molecular complexity index is 3520. The molecule has 0 spiro atoms. The van der Waals surface area contributed by atoms with Gasteiger partial charge in [-0.3, -0.25) is 0 Å². The third kappa shape index (κ3) is 8.16. The Labute approximate surface area is 408 Å². The molecule has 2 aromatic heterocycles. The van der Waals surface area contributed by atoms with E-state index in [0.717, 1.165) is 101 Å². The van der Waals surface area contributed by atoms with Crippen LogP contribution in [-0.4, -0.2) is 14.5 Å². The van der Waals surface area contributed by atoms with Crippen molar-refractivity contribution in [2.75, 3.05) is 9.80 Å². The maximum Gasteiger partial charge on any atom is 0.160 e. The summed E-state index contributed by atoms with van der Waals surface area (Å²) < 4.78 is 2.40. The van der Waals surface area contributed by atoms with Crippen molar-refractivity contribution in [1.82, 2.24) is 14.5 Å². The van der Waals surface area contributed by atoms with E-state index in [1.165, 1.54) is 5.56 Å². The molecule has 0 amide bonds. The van der Waals surface area contributed by atoms with Gasteiger partial charge in [0.15, 0.2) is 5.82 Å². The summed E-state index contributed by atoms with van der Waals surface area (Å²) in [7, 11) is 0. The maximum atomic E-state index is 5.10. The Morgan fingerprint density at radius 1 is 0.300 bits per heavy atom. The molecule has 5 heteroatoms. The van der Waals surface area contributed by atoms with E-state index in [0.29, 0.717) is 5.82 Å². The van der Waals surface area contributed by atoms with Gasteiger partial charge in [-0.25, -0.2) is 9.97 Å². The van der Waals surface area contributed by atoms with Gasteiger partial charge in [-0.05, 0) is 127 Å². The van der Waals surface area contributed by atoms with Gasteiger partial charge in [-0.15, -0.1) is 0 Å². The molecule has 332 valence electrons. The fourth-order valence-electron chi connectivity index (χ4n) is 9.66. The van der Waals surface area contributed by atoms with E-state index in [9.17, 15) is 0 Å². The van der Waals surface area contributed by atoms with E-state index in [1.54, 1.807) is 0 Å². The number of aromatic nitrogens is 3. The predicted octanol–water partition coefficient (Wildman–Crippen LogP) is 17.5. The van der Waals surface area contributed by atoms with Gasteiger partial charge in [0, 0.05) is 67.3 Å². The van der Waals surface area contributed by atoms with Crippen molar-refractivity contribution in [3.8, 4) is 50.7 Å². The molecule has 0 aliphatic carbocycles. The summed E-state index contributed by atoms with van der Waals surface area (Å²) in [6.45, 7) is 2.10. The number of para-hydroxylation sites is 4. The minimum Gasteiger partial charge on any atom is -0.310 e. The molecule has 0 radical (unpaired) electrons. The maximum absolute atomic E-state index is 5.10. The lowest BCUT2D eigenvalue weighted by atomic mass is 10.0. The minimum atomic E-state index is 0.714. The summed E-state index contributed by atoms with van der Waals surface area (Å²) in [6.07, 6.45) is 0. The molecule has 0 aliphatic heterocycles. The normalized spacial score (nSPS) is 11.2. The zero-order valence-electron chi connectivity index (χ0n) is 38.6. The zero-order chi connectivity index (χ0) is 46.8. The molecule has 0 unspecified atom stereocenters. The molecule has 0 saturated heterocycles. The summed E-state index contributed by atoms with van der Waals surface area (Å²) in [5, 5.41) is 2.33. The number of anilines is 6. The first-order chi connectivity index (χ1) is 34.6. The Morgan fingerprint density at radius 2 is 0.686 bits per heavy atom. The van der Waals surface area contributed by atoms with Gasteiger partial charge in [-0.1, -0.05) is 163 Å². The monoisotopic (exact) mass is 897 g/mol. The van der Waals surface area contributed by atoms with Gasteiger partial charge < -0.3 is 14.4 Å². The van der Waals surface area contributed by atoms with Crippen LogP contribution < -0.4 is 9.80 Å². The van der Waals surface area contributed by atoms with Crippen molar-refractivity contribution >= 4 is 55.9 Å². The van der Waals surface area contributed by atoms with E-state index in [1.807, 2.05) is 6.07 Å². The average Bonchev–Trinajstić information content (AvgIpc) is 3.75. The molecule has 0 N–H and O–H groups in total. The van der Waals surface area contributed by atoms with E-state index < -0.39 is 0 Å². The van der Waals surface area contributed by atoms with Crippen LogP contribution in [0.2, 0.25) is 0 Å². The largest absolute Gasteiger partial charge is 0.310 e. The quantitative estimate of drug-likeness (QED) is 0.130. The van der Waals surface area contributed by atoms with Gasteiger partial charge in [0.1, 0.15) is 0 Å². The highest BCUT2D eigenvalue weighted by molar-refractivity contribution is 6.12. The highest BCUT2D eigenvalue weighted by Crippen LogP contribution is 2.43. The molecule has 0 atom stereocenters. The molecular weight excluding hydrogens is 851 g/mol. The zero-order valence-corrected chi connectivity index (χ0v) is 38.6. The summed E-state index contributed by atoms with van der Waals surface area (Å²) in [5.41, 5.74) is 18.2. The van der Waals surface area contributed by atoms with Crippen molar-refractivity contribution in [1.29, 1.82) is 0 Å². The Morgan fingerprint density at radius 3 is 1.13 bits per heavy atom. The number of fused-ring (bicyclic) bond motifs is 3. The van der Waals surface area contributed by atoms with Crippen molar-refractivity contribution < 1.29 is 0 Å². The lowest BCUT2D eigenvalue weighted by molar-refractivity contribution is 1.18. The second-order valence-electron chi connectivity index (χ2n) is 17.6. The van der Waals surface area contributed by atoms with Crippen LogP contribution in [0.1, 0.15) is 5.56 Å². The SMILES string of the molecule is Cc1cccc(-c2nc(-c3ccccc3)cc(-c3ccc(-c4ccc(-n5c6ccc(N(c7ccccc7)c7ccccc7)cc6c6cc(N(c7ccccc7)c7ccccc7)ccc65)cc4)cc3)n2)c1. The lowest BCUT2D eigenvalue weighted by Gasteiger charge is -2.26. The van der Waals surface area contributed by atoms with E-state index in [4.69, 9.17) is 9.97 Å². The van der Waals surface area contributed by atoms with Crippen LogP contribution in [0.4, 0.5) is 34.1 Å². The summed E-state index contributed by atoms with van der Waals surface area (Å²) in [4.78, 5) is 14.8. The number of nitrogens with zero attached hydrogens (tertiary/aromatic N) is 5. The molecule has 2 heterocycles. The van der Waals surface area contributed by atoms with Crippen molar-refractivity contribution in [2.24, 2.45) is 0 Å². The van der Waals surface area contributed by atoms with E-state index in [2.05, 4.69) is 282 Å². The molecule has 10 aromatic carbocycles. The fraction of sp³-hybridized carbons (Fsp3) is 0.0154. The first-order valence-corrected chi connectivity index (χ1v) is 23.7. The smallest absolute Gasteiger partial charge is 0.160 e.